The second kappa shape index (κ2) is 11.1. The van der Waals surface area contributed by atoms with Gasteiger partial charge in [0.1, 0.15) is 0 Å². The first kappa shape index (κ1) is 22.3. The van der Waals surface area contributed by atoms with Crippen molar-refractivity contribution < 1.29 is 4.74 Å². The number of nitrogens with two attached hydrogens (primary N) is 1. The number of pyridine rings is 1. The van der Waals surface area contributed by atoms with Crippen LogP contribution in [-0.2, 0) is 12.8 Å². The van der Waals surface area contributed by atoms with Crippen LogP contribution in [0.25, 0.3) is 4.91 Å². The molecule has 0 unspecified atom stereocenters. The molecular weight excluding hydrogens is 364 g/mol. The van der Waals surface area contributed by atoms with E-state index in [1.54, 1.807) is 18.9 Å². The number of nitrogens with zero attached hydrogens (tertiary/aromatic N) is 1. The fourth-order valence-corrected chi connectivity index (χ4v) is 4.05. The van der Waals surface area contributed by atoms with Crippen molar-refractivity contribution in [1.29, 1.82) is 0 Å². The fraction of sp³-hybridized carbons (Fsp3) is 0.375. The maximum atomic E-state index is 5.73. The molecule has 0 spiro atoms. The zero-order valence-electron chi connectivity index (χ0n) is 17.7. The zero-order valence-corrected chi connectivity index (χ0v) is 18.5. The maximum Gasteiger partial charge on any atom is 0.212 e. The van der Waals surface area contributed by atoms with Crippen LogP contribution < -0.4 is 10.5 Å². The first-order valence-corrected chi connectivity index (χ1v) is 10.7. The lowest BCUT2D eigenvalue weighted by Crippen LogP contribution is -2.05. The van der Waals surface area contributed by atoms with E-state index in [-0.39, 0.29) is 0 Å². The SMILES string of the molecule is CC/C=C(\S/C=C(\C)Cc1cc(C)c(CCN)cc1C)c1ccc(OC)nc1. The monoisotopic (exact) mass is 396 g/mol. The summed E-state index contributed by atoms with van der Waals surface area (Å²) < 4.78 is 5.16. The topological polar surface area (TPSA) is 48.1 Å². The van der Waals surface area contributed by atoms with Gasteiger partial charge < -0.3 is 10.5 Å². The van der Waals surface area contributed by atoms with E-state index in [0.717, 1.165) is 24.8 Å². The number of thioether (sulfide) groups is 1. The highest BCUT2D eigenvalue weighted by molar-refractivity contribution is 8.10. The Kier molecular flexibility index (Phi) is 8.81. The largest absolute Gasteiger partial charge is 0.481 e. The lowest BCUT2D eigenvalue weighted by atomic mass is 9.95. The Labute approximate surface area is 174 Å². The summed E-state index contributed by atoms with van der Waals surface area (Å²) >= 11 is 1.76. The highest BCUT2D eigenvalue weighted by Crippen LogP contribution is 2.31. The summed E-state index contributed by atoms with van der Waals surface area (Å²) in [5.41, 5.74) is 13.6. The number of hydrogen-bond acceptors (Lipinski definition) is 4. The molecule has 0 radical (unpaired) electrons. The first-order chi connectivity index (χ1) is 13.5. The predicted molar refractivity (Wildman–Crippen MR) is 123 cm³/mol. The van der Waals surface area contributed by atoms with Gasteiger partial charge in [0, 0.05) is 22.7 Å². The normalized spacial score (nSPS) is 12.4. The molecule has 0 aliphatic carbocycles. The molecule has 0 saturated carbocycles. The number of benzene rings is 1. The summed E-state index contributed by atoms with van der Waals surface area (Å²) in [6, 6.07) is 8.58. The molecular formula is C24H32N2OS. The van der Waals surface area contributed by atoms with Crippen LogP contribution in [0.5, 0.6) is 5.88 Å². The van der Waals surface area contributed by atoms with Gasteiger partial charge in [-0.1, -0.05) is 42.5 Å². The van der Waals surface area contributed by atoms with Gasteiger partial charge in [-0.3, -0.25) is 0 Å². The van der Waals surface area contributed by atoms with Crippen LogP contribution in [0, 0.1) is 13.8 Å². The van der Waals surface area contributed by atoms with Crippen molar-refractivity contribution in [1.82, 2.24) is 4.98 Å². The molecule has 0 aliphatic rings. The fourth-order valence-electron chi connectivity index (χ4n) is 3.12. The number of rotatable bonds is 9. The molecule has 28 heavy (non-hydrogen) atoms. The summed E-state index contributed by atoms with van der Waals surface area (Å²) in [4.78, 5) is 5.56. The maximum absolute atomic E-state index is 5.73. The molecule has 0 aliphatic heterocycles. The van der Waals surface area contributed by atoms with Crippen molar-refractivity contribution in [3.05, 3.63) is 75.3 Å². The summed E-state index contributed by atoms with van der Waals surface area (Å²) in [5.74, 6) is 0.639. The Bertz CT molecular complexity index is 838. The molecule has 0 amide bonds. The van der Waals surface area contributed by atoms with E-state index in [1.165, 1.54) is 32.7 Å². The third kappa shape index (κ3) is 6.25. The van der Waals surface area contributed by atoms with Gasteiger partial charge in [0.15, 0.2) is 0 Å². The van der Waals surface area contributed by atoms with Crippen molar-refractivity contribution in [3.8, 4) is 5.88 Å². The average Bonchev–Trinajstić information content (AvgIpc) is 2.69. The molecule has 2 aromatic rings. The van der Waals surface area contributed by atoms with E-state index >= 15 is 0 Å². The van der Waals surface area contributed by atoms with Gasteiger partial charge in [-0.2, -0.15) is 0 Å². The minimum atomic E-state index is 0.639. The van der Waals surface area contributed by atoms with E-state index in [9.17, 15) is 0 Å². The van der Waals surface area contributed by atoms with E-state index in [0.29, 0.717) is 12.4 Å². The molecule has 4 heteroatoms. The van der Waals surface area contributed by atoms with Gasteiger partial charge >= 0.3 is 0 Å². The van der Waals surface area contributed by atoms with Gasteiger partial charge in [0.25, 0.3) is 0 Å². The minimum absolute atomic E-state index is 0.639. The van der Waals surface area contributed by atoms with Crippen molar-refractivity contribution in [2.75, 3.05) is 13.7 Å². The Morgan fingerprint density at radius 2 is 1.89 bits per heavy atom. The summed E-state index contributed by atoms with van der Waals surface area (Å²) in [6.45, 7) is 9.43. The van der Waals surface area contributed by atoms with Gasteiger partial charge in [-0.05, 0) is 80.3 Å². The van der Waals surface area contributed by atoms with E-state index < -0.39 is 0 Å². The van der Waals surface area contributed by atoms with Gasteiger partial charge in [-0.25, -0.2) is 4.98 Å². The predicted octanol–water partition coefficient (Wildman–Crippen LogP) is 5.84. The van der Waals surface area contributed by atoms with E-state index in [4.69, 9.17) is 10.5 Å². The van der Waals surface area contributed by atoms with Crippen LogP contribution in [0.15, 0.2) is 47.5 Å². The summed E-state index contributed by atoms with van der Waals surface area (Å²) in [5, 5.41) is 2.26. The van der Waals surface area contributed by atoms with E-state index in [1.807, 2.05) is 12.3 Å². The first-order valence-electron chi connectivity index (χ1n) is 9.80. The average molecular weight is 397 g/mol. The van der Waals surface area contributed by atoms with Crippen LogP contribution in [0.3, 0.4) is 0 Å². The second-order valence-electron chi connectivity index (χ2n) is 7.07. The number of aromatic nitrogens is 1. The van der Waals surface area contributed by atoms with Crippen molar-refractivity contribution >= 4 is 16.7 Å². The molecule has 3 nitrogen and oxygen atoms in total. The molecule has 0 bridgehead atoms. The lowest BCUT2D eigenvalue weighted by Gasteiger charge is -2.12. The Hall–Kier alpha value is -2.04. The van der Waals surface area contributed by atoms with Crippen LogP contribution in [0.4, 0.5) is 0 Å². The number of ether oxygens (including phenoxy) is 1. The van der Waals surface area contributed by atoms with Gasteiger partial charge in [0.2, 0.25) is 5.88 Å². The highest BCUT2D eigenvalue weighted by atomic mass is 32.2. The second-order valence-corrected chi connectivity index (χ2v) is 7.98. The quantitative estimate of drug-likeness (QED) is 0.578. The van der Waals surface area contributed by atoms with Crippen LogP contribution in [0.2, 0.25) is 0 Å². The Balaban J connectivity index is 2.13. The van der Waals surface area contributed by atoms with Crippen LogP contribution >= 0.6 is 11.8 Å². The van der Waals surface area contributed by atoms with Crippen molar-refractivity contribution in [2.45, 2.75) is 47.0 Å². The Morgan fingerprint density at radius 1 is 1.18 bits per heavy atom. The van der Waals surface area contributed by atoms with Crippen LogP contribution in [0.1, 0.15) is 48.1 Å². The molecule has 2 N–H and O–H groups in total. The highest BCUT2D eigenvalue weighted by Gasteiger charge is 2.07. The Morgan fingerprint density at radius 3 is 2.50 bits per heavy atom. The van der Waals surface area contributed by atoms with Crippen LogP contribution in [-0.4, -0.2) is 18.6 Å². The number of methoxy groups -OCH3 is 1. The molecule has 0 fully saturated rings. The van der Waals surface area contributed by atoms with Crippen molar-refractivity contribution in [3.63, 3.8) is 0 Å². The molecule has 2 rings (SSSR count). The number of aryl methyl sites for hydroxylation is 2. The molecule has 1 aromatic heterocycles. The van der Waals surface area contributed by atoms with Gasteiger partial charge in [0.05, 0.1) is 7.11 Å². The molecule has 0 atom stereocenters. The summed E-state index contributed by atoms with van der Waals surface area (Å²) in [6.07, 6.45) is 7.01. The smallest absolute Gasteiger partial charge is 0.212 e. The summed E-state index contributed by atoms with van der Waals surface area (Å²) in [7, 11) is 1.64. The van der Waals surface area contributed by atoms with Gasteiger partial charge in [-0.15, -0.1) is 0 Å². The minimum Gasteiger partial charge on any atom is -0.481 e. The molecule has 150 valence electrons. The molecule has 1 aromatic carbocycles. The van der Waals surface area contributed by atoms with E-state index in [2.05, 4.69) is 62.4 Å². The van der Waals surface area contributed by atoms with Crippen molar-refractivity contribution in [2.24, 2.45) is 5.73 Å². The standard InChI is InChI=1S/C24H32N2OS/c1-6-7-23(21-8-9-24(27-5)26-15-21)28-16-17(2)12-22-14-18(3)20(10-11-25)13-19(22)4/h7-9,13-16H,6,10-12,25H2,1-5H3/b17-16+,23-7-. The molecule has 1 heterocycles. The number of hydrogen-bond donors (Lipinski definition) is 1. The molecule has 0 saturated heterocycles. The lowest BCUT2D eigenvalue weighted by molar-refractivity contribution is 0.398. The zero-order chi connectivity index (χ0) is 20.5. The number of allylic oxidation sites excluding steroid dienone is 2. The third-order valence-corrected chi connectivity index (χ3v) is 5.86. The third-order valence-electron chi connectivity index (χ3n) is 4.68.